The van der Waals surface area contributed by atoms with E-state index in [1.54, 1.807) is 0 Å². The number of halogens is 1. The summed E-state index contributed by atoms with van der Waals surface area (Å²) >= 11 is 0. The fourth-order valence-corrected chi connectivity index (χ4v) is 3.94. The minimum Gasteiger partial charge on any atom is -0.356 e. The Labute approximate surface area is 142 Å². The Morgan fingerprint density at radius 3 is 2.36 bits per heavy atom. The molecule has 3 nitrogen and oxygen atoms in total. The molecule has 2 atom stereocenters. The summed E-state index contributed by atoms with van der Waals surface area (Å²) in [6, 6.07) is 0. The van der Waals surface area contributed by atoms with Crippen LogP contribution in [0.15, 0.2) is 0 Å². The Bertz CT molecular complexity index is 310. The van der Waals surface area contributed by atoms with Crippen molar-refractivity contribution >= 4 is 18.3 Å². The summed E-state index contributed by atoms with van der Waals surface area (Å²) in [6.07, 6.45) is 10.4. The fraction of sp³-hybridized carbons (Fsp3) is 0.944. The molecule has 2 unspecified atom stereocenters. The van der Waals surface area contributed by atoms with E-state index in [9.17, 15) is 4.79 Å². The average molecular weight is 331 g/mol. The Hall–Kier alpha value is -0.280. The van der Waals surface area contributed by atoms with Gasteiger partial charge >= 0.3 is 0 Å². The lowest BCUT2D eigenvalue weighted by atomic mass is 9.79. The fourth-order valence-electron chi connectivity index (χ4n) is 3.94. The van der Waals surface area contributed by atoms with Crippen molar-refractivity contribution in [3.8, 4) is 0 Å². The zero-order valence-electron chi connectivity index (χ0n) is 14.4. The maximum absolute atomic E-state index is 12.6. The van der Waals surface area contributed by atoms with Crippen LogP contribution in [0, 0.1) is 23.7 Å². The topological polar surface area (TPSA) is 41.1 Å². The van der Waals surface area contributed by atoms with E-state index >= 15 is 0 Å². The third-order valence-electron chi connectivity index (χ3n) is 5.42. The minimum atomic E-state index is 0. The van der Waals surface area contributed by atoms with Gasteiger partial charge in [0.1, 0.15) is 0 Å². The van der Waals surface area contributed by atoms with Crippen LogP contribution in [-0.2, 0) is 4.79 Å². The summed E-state index contributed by atoms with van der Waals surface area (Å²) in [7, 11) is 0. The molecule has 4 heteroatoms. The first-order chi connectivity index (χ1) is 10.2. The highest BCUT2D eigenvalue weighted by molar-refractivity contribution is 5.85. The first kappa shape index (κ1) is 19.8. The van der Waals surface area contributed by atoms with Gasteiger partial charge in [0.15, 0.2) is 0 Å². The zero-order chi connectivity index (χ0) is 15.1. The summed E-state index contributed by atoms with van der Waals surface area (Å²) in [5.74, 6) is 2.39. The van der Waals surface area contributed by atoms with Crippen molar-refractivity contribution < 1.29 is 4.79 Å². The van der Waals surface area contributed by atoms with Crippen LogP contribution in [-0.4, -0.2) is 25.5 Å². The van der Waals surface area contributed by atoms with E-state index in [0.29, 0.717) is 17.7 Å². The molecule has 1 aliphatic carbocycles. The van der Waals surface area contributed by atoms with Crippen LogP contribution in [0.5, 0.6) is 0 Å². The molecule has 0 aromatic rings. The van der Waals surface area contributed by atoms with E-state index in [2.05, 4.69) is 24.5 Å². The number of hydrogen-bond acceptors (Lipinski definition) is 2. The van der Waals surface area contributed by atoms with Crippen LogP contribution < -0.4 is 10.6 Å². The van der Waals surface area contributed by atoms with Crippen molar-refractivity contribution in [1.29, 1.82) is 0 Å². The van der Waals surface area contributed by atoms with Gasteiger partial charge < -0.3 is 10.6 Å². The Morgan fingerprint density at radius 2 is 1.77 bits per heavy atom. The largest absolute Gasteiger partial charge is 0.356 e. The maximum Gasteiger partial charge on any atom is 0.223 e. The van der Waals surface area contributed by atoms with Gasteiger partial charge in [-0.3, -0.25) is 4.79 Å². The highest BCUT2D eigenvalue weighted by Crippen LogP contribution is 2.31. The Morgan fingerprint density at radius 1 is 1.09 bits per heavy atom. The van der Waals surface area contributed by atoms with Crippen LogP contribution in [0.2, 0.25) is 0 Å². The maximum atomic E-state index is 12.6. The van der Waals surface area contributed by atoms with E-state index < -0.39 is 0 Å². The Balaban J connectivity index is 0.00000242. The molecule has 1 amide bonds. The highest BCUT2D eigenvalue weighted by atomic mass is 35.5. The molecule has 1 saturated heterocycles. The van der Waals surface area contributed by atoms with E-state index in [4.69, 9.17) is 0 Å². The second kappa shape index (κ2) is 10.5. The van der Waals surface area contributed by atoms with Gasteiger partial charge in [-0.25, -0.2) is 0 Å². The molecule has 0 bridgehead atoms. The lowest BCUT2D eigenvalue weighted by molar-refractivity contribution is -0.127. The van der Waals surface area contributed by atoms with E-state index in [-0.39, 0.29) is 18.3 Å². The number of carbonyl (C=O) groups is 1. The summed E-state index contributed by atoms with van der Waals surface area (Å²) in [5.41, 5.74) is 0. The second-order valence-electron chi connectivity index (χ2n) is 7.55. The molecule has 1 aliphatic heterocycles. The Kier molecular flexibility index (Phi) is 9.42. The molecule has 2 fully saturated rings. The van der Waals surface area contributed by atoms with E-state index in [0.717, 1.165) is 32.0 Å². The first-order valence-corrected chi connectivity index (χ1v) is 9.15. The van der Waals surface area contributed by atoms with Crippen LogP contribution in [0.1, 0.15) is 65.2 Å². The third-order valence-corrected chi connectivity index (χ3v) is 5.42. The normalized spacial score (nSPS) is 24.6. The van der Waals surface area contributed by atoms with E-state index in [1.165, 1.54) is 44.9 Å². The number of nitrogens with one attached hydrogen (secondary N) is 2. The van der Waals surface area contributed by atoms with Gasteiger partial charge in [-0.2, -0.15) is 0 Å². The molecule has 2 rings (SSSR count). The van der Waals surface area contributed by atoms with Crippen molar-refractivity contribution in [3.63, 3.8) is 0 Å². The second-order valence-corrected chi connectivity index (χ2v) is 7.55. The number of piperidine rings is 1. The van der Waals surface area contributed by atoms with E-state index in [1.807, 2.05) is 0 Å². The first-order valence-electron chi connectivity index (χ1n) is 9.15. The summed E-state index contributed by atoms with van der Waals surface area (Å²) in [6.45, 7) is 7.47. The molecule has 0 aromatic carbocycles. The third kappa shape index (κ3) is 6.45. The van der Waals surface area contributed by atoms with Crippen molar-refractivity contribution in [2.75, 3.05) is 19.6 Å². The van der Waals surface area contributed by atoms with Crippen LogP contribution in [0.25, 0.3) is 0 Å². The van der Waals surface area contributed by atoms with Crippen LogP contribution >= 0.6 is 12.4 Å². The SMILES string of the molecule is CC(C)C(CC1CCCCC1)C(=O)NCC1CCCNC1.Cl. The monoisotopic (exact) mass is 330 g/mol. The predicted molar refractivity (Wildman–Crippen MR) is 95.4 cm³/mol. The molecule has 2 N–H and O–H groups in total. The van der Waals surface area contributed by atoms with Crippen molar-refractivity contribution in [2.24, 2.45) is 23.7 Å². The van der Waals surface area contributed by atoms with Gasteiger partial charge in [-0.1, -0.05) is 46.0 Å². The summed E-state index contributed by atoms with van der Waals surface area (Å²) < 4.78 is 0. The molecule has 130 valence electrons. The number of hydrogen-bond donors (Lipinski definition) is 2. The van der Waals surface area contributed by atoms with Gasteiger partial charge in [0.05, 0.1) is 0 Å². The van der Waals surface area contributed by atoms with Gasteiger partial charge in [0.2, 0.25) is 5.91 Å². The smallest absolute Gasteiger partial charge is 0.223 e. The molecule has 0 aromatic heterocycles. The number of amides is 1. The van der Waals surface area contributed by atoms with Gasteiger partial charge in [0.25, 0.3) is 0 Å². The lowest BCUT2D eigenvalue weighted by Crippen LogP contribution is -2.41. The quantitative estimate of drug-likeness (QED) is 0.778. The highest BCUT2D eigenvalue weighted by Gasteiger charge is 2.27. The molecular formula is C18H35ClN2O. The predicted octanol–water partition coefficient (Wildman–Crippen LogP) is 3.77. The molecular weight excluding hydrogens is 296 g/mol. The number of rotatable bonds is 6. The van der Waals surface area contributed by atoms with Gasteiger partial charge in [-0.05, 0) is 50.1 Å². The molecule has 22 heavy (non-hydrogen) atoms. The minimum absolute atomic E-state index is 0. The molecule has 1 saturated carbocycles. The molecule has 0 radical (unpaired) electrons. The zero-order valence-corrected chi connectivity index (χ0v) is 15.2. The van der Waals surface area contributed by atoms with Crippen molar-refractivity contribution in [3.05, 3.63) is 0 Å². The van der Waals surface area contributed by atoms with Gasteiger partial charge in [0, 0.05) is 12.5 Å². The number of carbonyl (C=O) groups excluding carboxylic acids is 1. The lowest BCUT2D eigenvalue weighted by Gasteiger charge is -2.29. The van der Waals surface area contributed by atoms with Crippen LogP contribution in [0.3, 0.4) is 0 Å². The average Bonchev–Trinajstić information content (AvgIpc) is 2.52. The molecule has 2 aliphatic rings. The summed E-state index contributed by atoms with van der Waals surface area (Å²) in [5, 5.41) is 6.67. The van der Waals surface area contributed by atoms with Crippen LogP contribution in [0.4, 0.5) is 0 Å². The molecule has 1 heterocycles. The molecule has 0 spiro atoms. The standard InChI is InChI=1S/C18H34N2O.ClH/c1-14(2)17(11-15-7-4-3-5-8-15)18(21)20-13-16-9-6-10-19-12-16;/h14-17,19H,3-13H2,1-2H3,(H,20,21);1H. The summed E-state index contributed by atoms with van der Waals surface area (Å²) in [4.78, 5) is 12.6. The van der Waals surface area contributed by atoms with Crippen molar-refractivity contribution in [2.45, 2.75) is 65.2 Å². The van der Waals surface area contributed by atoms with Crippen molar-refractivity contribution in [1.82, 2.24) is 10.6 Å². The van der Waals surface area contributed by atoms with Gasteiger partial charge in [-0.15, -0.1) is 12.4 Å².